The summed E-state index contributed by atoms with van der Waals surface area (Å²) in [7, 11) is 0. The molecule has 2 aliphatic heterocycles. The number of unbranched alkanes of at least 4 members (excludes halogenated alkanes) is 1. The second-order valence-corrected chi connectivity index (χ2v) is 10.4. The van der Waals surface area contributed by atoms with Gasteiger partial charge in [0.1, 0.15) is 5.82 Å². The van der Waals surface area contributed by atoms with Crippen molar-refractivity contribution in [1.29, 1.82) is 0 Å². The average molecular weight is 505 g/mol. The molecular formula is C27H38ClFN4O2. The van der Waals surface area contributed by atoms with E-state index in [1.54, 1.807) is 17.0 Å². The molecule has 0 N–H and O–H groups in total. The Morgan fingerprint density at radius 2 is 1.74 bits per heavy atom. The highest BCUT2D eigenvalue weighted by Crippen LogP contribution is 2.24. The van der Waals surface area contributed by atoms with E-state index in [9.17, 15) is 14.0 Å². The van der Waals surface area contributed by atoms with Crippen LogP contribution in [0, 0.1) is 5.82 Å². The summed E-state index contributed by atoms with van der Waals surface area (Å²) in [4.78, 5) is 34.1. The fourth-order valence-electron chi connectivity index (χ4n) is 5.47. The van der Waals surface area contributed by atoms with Crippen molar-refractivity contribution >= 4 is 29.5 Å². The van der Waals surface area contributed by atoms with Crippen LogP contribution in [0.1, 0.15) is 50.5 Å². The zero-order chi connectivity index (χ0) is 24.6. The summed E-state index contributed by atoms with van der Waals surface area (Å²) in [5.41, 5.74) is 0.664. The molecular weight excluding hydrogens is 467 g/mol. The highest BCUT2D eigenvalue weighted by molar-refractivity contribution is 6.30. The Kier molecular flexibility index (Phi) is 9.58. The molecule has 1 aliphatic carbocycles. The molecule has 2 saturated heterocycles. The Morgan fingerprint density at radius 3 is 2.49 bits per heavy atom. The smallest absolute Gasteiger partial charge is 0.246 e. The average Bonchev–Trinajstić information content (AvgIpc) is 3.34. The molecule has 8 heteroatoms. The summed E-state index contributed by atoms with van der Waals surface area (Å²) in [5.74, 6) is -0.500. The third-order valence-corrected chi connectivity index (χ3v) is 7.95. The Balaban J connectivity index is 1.14. The number of amides is 2. The molecule has 3 aliphatic rings. The van der Waals surface area contributed by atoms with Gasteiger partial charge >= 0.3 is 0 Å². The lowest BCUT2D eigenvalue weighted by Gasteiger charge is -2.38. The van der Waals surface area contributed by atoms with Crippen LogP contribution in [-0.2, 0) is 9.59 Å². The lowest BCUT2D eigenvalue weighted by Crippen LogP contribution is -2.49. The molecule has 2 amide bonds. The highest BCUT2D eigenvalue weighted by Gasteiger charge is 2.26. The summed E-state index contributed by atoms with van der Waals surface area (Å²) in [6, 6.07) is 5.18. The molecule has 1 aromatic rings. The molecule has 0 spiro atoms. The first-order valence-electron chi connectivity index (χ1n) is 13.2. The van der Waals surface area contributed by atoms with Crippen molar-refractivity contribution in [3.63, 3.8) is 0 Å². The molecule has 0 aromatic heterocycles. The summed E-state index contributed by atoms with van der Waals surface area (Å²) in [6.45, 7) is 8.10. The van der Waals surface area contributed by atoms with E-state index >= 15 is 0 Å². The van der Waals surface area contributed by atoms with Crippen molar-refractivity contribution in [2.45, 2.75) is 51.0 Å². The molecule has 1 saturated carbocycles. The van der Waals surface area contributed by atoms with Crippen LogP contribution in [0.3, 0.4) is 0 Å². The molecule has 35 heavy (non-hydrogen) atoms. The molecule has 0 radical (unpaired) electrons. The van der Waals surface area contributed by atoms with Crippen LogP contribution in [-0.4, -0.2) is 96.4 Å². The van der Waals surface area contributed by atoms with Crippen molar-refractivity contribution in [3.05, 3.63) is 40.7 Å². The van der Waals surface area contributed by atoms with Crippen LogP contribution in [0.4, 0.5) is 4.39 Å². The summed E-state index contributed by atoms with van der Waals surface area (Å²) < 4.78 is 13.3. The second-order valence-electron chi connectivity index (χ2n) is 9.99. The van der Waals surface area contributed by atoms with Crippen LogP contribution in [0.2, 0.25) is 5.02 Å². The molecule has 192 valence electrons. The lowest BCUT2D eigenvalue weighted by molar-refractivity contribution is -0.130. The minimum absolute atomic E-state index is 0.0296. The van der Waals surface area contributed by atoms with E-state index < -0.39 is 5.82 Å². The standard InChI is InChI=1S/C27H38ClFN4O2/c28-24-21-22(7-9-25(24)29)8-10-26(34)33-14-11-27(35)32(19-20-33)13-4-3-12-30-15-17-31(18-16-30)23-5-1-2-6-23/h7-10,21,23H,1-6,11-20H2. The largest absolute Gasteiger partial charge is 0.341 e. The van der Waals surface area contributed by atoms with Crippen LogP contribution < -0.4 is 0 Å². The maximum Gasteiger partial charge on any atom is 0.246 e. The van der Waals surface area contributed by atoms with Gasteiger partial charge in [-0.15, -0.1) is 0 Å². The van der Waals surface area contributed by atoms with Crippen molar-refractivity contribution < 1.29 is 14.0 Å². The van der Waals surface area contributed by atoms with E-state index in [2.05, 4.69) is 9.80 Å². The third kappa shape index (κ3) is 7.51. The number of hydrogen-bond acceptors (Lipinski definition) is 4. The van der Waals surface area contributed by atoms with Gasteiger partial charge in [0.05, 0.1) is 5.02 Å². The van der Waals surface area contributed by atoms with Gasteiger partial charge in [-0.1, -0.05) is 30.5 Å². The Hall–Kier alpha value is -1.96. The predicted octanol–water partition coefficient (Wildman–Crippen LogP) is 3.89. The maximum atomic E-state index is 13.3. The number of rotatable bonds is 8. The first-order valence-corrected chi connectivity index (χ1v) is 13.5. The molecule has 0 bridgehead atoms. The zero-order valence-electron chi connectivity index (χ0n) is 20.6. The van der Waals surface area contributed by atoms with Gasteiger partial charge in [-0.3, -0.25) is 14.5 Å². The number of benzene rings is 1. The Bertz CT molecular complexity index is 897. The van der Waals surface area contributed by atoms with Gasteiger partial charge in [-0.05, 0) is 56.0 Å². The Labute approximate surface area is 213 Å². The van der Waals surface area contributed by atoms with Crippen molar-refractivity contribution in [2.75, 3.05) is 58.9 Å². The normalized spacial score (nSPS) is 21.3. The monoisotopic (exact) mass is 504 g/mol. The third-order valence-electron chi connectivity index (χ3n) is 7.66. The van der Waals surface area contributed by atoms with Crippen LogP contribution in [0.15, 0.2) is 24.3 Å². The number of hydrogen-bond donors (Lipinski definition) is 0. The van der Waals surface area contributed by atoms with Gasteiger partial charge in [0.25, 0.3) is 0 Å². The molecule has 0 atom stereocenters. The molecule has 3 fully saturated rings. The number of carbonyl (C=O) groups excluding carboxylic acids is 2. The first-order chi connectivity index (χ1) is 17.0. The summed E-state index contributed by atoms with van der Waals surface area (Å²) >= 11 is 5.81. The van der Waals surface area contributed by atoms with Gasteiger partial charge in [0.15, 0.2) is 0 Å². The Morgan fingerprint density at radius 1 is 1.00 bits per heavy atom. The van der Waals surface area contributed by atoms with Gasteiger partial charge in [0, 0.05) is 70.9 Å². The fourth-order valence-corrected chi connectivity index (χ4v) is 5.66. The minimum atomic E-state index is -0.483. The fraction of sp³-hybridized carbons (Fsp3) is 0.630. The van der Waals surface area contributed by atoms with Gasteiger partial charge < -0.3 is 14.7 Å². The van der Waals surface area contributed by atoms with Gasteiger partial charge in [-0.25, -0.2) is 4.39 Å². The zero-order valence-corrected chi connectivity index (χ0v) is 21.4. The van der Waals surface area contributed by atoms with E-state index in [1.165, 1.54) is 57.0 Å². The van der Waals surface area contributed by atoms with Crippen molar-refractivity contribution in [3.8, 4) is 0 Å². The number of carbonyl (C=O) groups is 2. The SMILES string of the molecule is O=C(C=Cc1ccc(F)c(Cl)c1)N1CCC(=O)N(CCCCN2CCN(C3CCCC3)CC2)CC1. The van der Waals surface area contributed by atoms with Gasteiger partial charge in [0.2, 0.25) is 11.8 Å². The summed E-state index contributed by atoms with van der Waals surface area (Å²) in [6.07, 6.45) is 11.1. The quantitative estimate of drug-likeness (QED) is 0.398. The lowest BCUT2D eigenvalue weighted by atomic mass is 10.1. The van der Waals surface area contributed by atoms with E-state index in [1.807, 2.05) is 4.90 Å². The van der Waals surface area contributed by atoms with E-state index in [-0.39, 0.29) is 16.8 Å². The van der Waals surface area contributed by atoms with Crippen LogP contribution in [0.25, 0.3) is 6.08 Å². The topological polar surface area (TPSA) is 47.1 Å². The van der Waals surface area contributed by atoms with E-state index in [0.717, 1.165) is 45.1 Å². The predicted molar refractivity (Wildman–Crippen MR) is 138 cm³/mol. The molecule has 1 aromatic carbocycles. The van der Waals surface area contributed by atoms with Crippen molar-refractivity contribution in [1.82, 2.24) is 19.6 Å². The van der Waals surface area contributed by atoms with Gasteiger partial charge in [-0.2, -0.15) is 0 Å². The number of nitrogens with zero attached hydrogens (tertiary/aromatic N) is 4. The minimum Gasteiger partial charge on any atom is -0.341 e. The van der Waals surface area contributed by atoms with Crippen LogP contribution in [0.5, 0.6) is 0 Å². The molecule has 0 unspecified atom stereocenters. The molecule has 2 heterocycles. The molecule has 6 nitrogen and oxygen atoms in total. The number of halogens is 2. The maximum absolute atomic E-state index is 13.3. The van der Waals surface area contributed by atoms with E-state index in [0.29, 0.717) is 31.6 Å². The summed E-state index contributed by atoms with van der Waals surface area (Å²) in [5, 5.41) is 0.0296. The number of piperazine rings is 1. The first kappa shape index (κ1) is 26.1. The second kappa shape index (κ2) is 12.8. The highest BCUT2D eigenvalue weighted by atomic mass is 35.5. The molecule has 4 rings (SSSR count). The van der Waals surface area contributed by atoms with Crippen LogP contribution >= 0.6 is 11.6 Å². The van der Waals surface area contributed by atoms with E-state index in [4.69, 9.17) is 11.6 Å². The van der Waals surface area contributed by atoms with Crippen molar-refractivity contribution in [2.24, 2.45) is 0 Å².